The van der Waals surface area contributed by atoms with Gasteiger partial charge in [-0.05, 0) is 20.8 Å². The maximum atomic E-state index is 11.0. The van der Waals surface area contributed by atoms with Gasteiger partial charge in [-0.2, -0.15) is 0 Å². The van der Waals surface area contributed by atoms with Crippen molar-refractivity contribution in [2.24, 2.45) is 0 Å². The molecule has 1 aliphatic heterocycles. The molecule has 1 aliphatic rings. The second kappa shape index (κ2) is 3.45. The predicted molar refractivity (Wildman–Crippen MR) is 45.4 cm³/mol. The van der Waals surface area contributed by atoms with E-state index in [4.69, 9.17) is 9.84 Å². The van der Waals surface area contributed by atoms with Crippen LogP contribution in [0.3, 0.4) is 0 Å². The van der Waals surface area contributed by atoms with Crippen LogP contribution >= 0.6 is 0 Å². The fourth-order valence-electron chi connectivity index (χ4n) is 0.790. The average molecular weight is 203 g/mol. The van der Waals surface area contributed by atoms with Crippen LogP contribution in [-0.2, 0) is 14.4 Å². The van der Waals surface area contributed by atoms with Crippen molar-refractivity contribution in [2.75, 3.05) is 6.54 Å². The minimum atomic E-state index is -1.01. The van der Waals surface area contributed by atoms with E-state index in [1.165, 1.54) is 0 Å². The van der Waals surface area contributed by atoms with Gasteiger partial charge in [-0.15, -0.1) is 5.06 Å². The number of hydrogen-bond donors (Lipinski definition) is 1. The van der Waals surface area contributed by atoms with Crippen LogP contribution in [0.5, 0.6) is 0 Å². The Morgan fingerprint density at radius 1 is 1.43 bits per heavy atom. The molecule has 1 N–H and O–H groups in total. The van der Waals surface area contributed by atoms with Crippen LogP contribution in [0.25, 0.3) is 0 Å². The lowest BCUT2D eigenvalue weighted by atomic mass is 10.2. The highest BCUT2D eigenvalue weighted by Gasteiger charge is 2.45. The molecule has 0 amide bonds. The van der Waals surface area contributed by atoms with E-state index in [1.54, 1.807) is 20.8 Å². The number of hydroxylamine groups is 2. The summed E-state index contributed by atoms with van der Waals surface area (Å²) in [6.45, 7) is 5.32. The molecule has 0 bridgehead atoms. The minimum absolute atomic E-state index is 0.217. The number of rotatable bonds is 2. The molecule has 0 aromatic heterocycles. The maximum Gasteiger partial charge on any atom is 0.528 e. The Balaban J connectivity index is 2.27. The number of nitrogens with zero attached hydrogens (tertiary/aromatic N) is 1. The number of carbonyl (C=O) groups excluding carboxylic acids is 1. The fourth-order valence-corrected chi connectivity index (χ4v) is 0.790. The molecule has 0 spiro atoms. The third-order valence-corrected chi connectivity index (χ3v) is 1.43. The molecule has 0 aromatic carbocycles. The molecule has 80 valence electrons. The van der Waals surface area contributed by atoms with E-state index < -0.39 is 23.8 Å². The van der Waals surface area contributed by atoms with E-state index in [0.29, 0.717) is 0 Å². The standard InChI is InChI=1S/C8H13NO5/c1-8(2,3)13-7(12)14-9-4-5(9)6(10)11/h5H,4H2,1-3H3,(H,10,11). The molecule has 6 heteroatoms. The van der Waals surface area contributed by atoms with Gasteiger partial charge in [-0.1, -0.05) is 0 Å². The first-order chi connectivity index (χ1) is 6.29. The Kier molecular flexibility index (Phi) is 2.66. The van der Waals surface area contributed by atoms with E-state index in [2.05, 4.69) is 4.84 Å². The quantitative estimate of drug-likeness (QED) is 0.523. The summed E-state index contributed by atoms with van der Waals surface area (Å²) in [6.07, 6.45) is -0.874. The summed E-state index contributed by atoms with van der Waals surface area (Å²) in [5.41, 5.74) is -0.633. The molecule has 1 fully saturated rings. The van der Waals surface area contributed by atoms with E-state index >= 15 is 0 Å². The first-order valence-electron chi connectivity index (χ1n) is 4.20. The molecule has 2 unspecified atom stereocenters. The lowest BCUT2D eigenvalue weighted by Gasteiger charge is -2.18. The number of carboxylic acids is 1. The molecule has 6 nitrogen and oxygen atoms in total. The zero-order chi connectivity index (χ0) is 10.9. The molecule has 0 radical (unpaired) electrons. The maximum absolute atomic E-state index is 11.0. The minimum Gasteiger partial charge on any atom is -0.480 e. The van der Waals surface area contributed by atoms with Gasteiger partial charge in [0.15, 0.2) is 6.04 Å². The number of ether oxygens (including phenoxy) is 1. The van der Waals surface area contributed by atoms with E-state index in [-0.39, 0.29) is 6.54 Å². The van der Waals surface area contributed by atoms with E-state index in [9.17, 15) is 9.59 Å². The Labute approximate surface area is 81.3 Å². The second-order valence-electron chi connectivity index (χ2n) is 4.01. The summed E-state index contributed by atoms with van der Waals surface area (Å²) in [5.74, 6) is -1.01. The van der Waals surface area contributed by atoms with Crippen molar-refractivity contribution in [1.29, 1.82) is 0 Å². The lowest BCUT2D eigenvalue weighted by molar-refractivity contribution is -0.142. The van der Waals surface area contributed by atoms with Crippen LogP contribution in [0.1, 0.15) is 20.8 Å². The van der Waals surface area contributed by atoms with Crippen LogP contribution in [0.2, 0.25) is 0 Å². The summed E-state index contributed by atoms with van der Waals surface area (Å²) in [7, 11) is 0. The third kappa shape index (κ3) is 3.21. The highest BCUT2D eigenvalue weighted by atomic mass is 16.8. The van der Waals surface area contributed by atoms with Crippen LogP contribution < -0.4 is 0 Å². The molecule has 1 rings (SSSR count). The summed E-state index contributed by atoms with van der Waals surface area (Å²) < 4.78 is 4.82. The van der Waals surface area contributed by atoms with E-state index in [1.807, 2.05) is 0 Å². The highest BCUT2D eigenvalue weighted by Crippen LogP contribution is 2.19. The Morgan fingerprint density at radius 3 is 2.36 bits per heavy atom. The van der Waals surface area contributed by atoms with Crippen molar-refractivity contribution in [3.8, 4) is 0 Å². The van der Waals surface area contributed by atoms with Crippen LogP contribution in [-0.4, -0.2) is 40.5 Å². The molecule has 0 aromatic rings. The van der Waals surface area contributed by atoms with Crippen LogP contribution in [0.15, 0.2) is 0 Å². The van der Waals surface area contributed by atoms with Crippen molar-refractivity contribution >= 4 is 12.1 Å². The molecular formula is C8H13NO5. The van der Waals surface area contributed by atoms with E-state index in [0.717, 1.165) is 5.06 Å². The van der Waals surface area contributed by atoms with Gasteiger partial charge >= 0.3 is 12.1 Å². The predicted octanol–water partition coefficient (Wildman–Crippen LogP) is 0.622. The monoisotopic (exact) mass is 203 g/mol. The molecule has 1 saturated heterocycles. The first kappa shape index (κ1) is 10.8. The van der Waals surface area contributed by atoms with Gasteiger partial charge < -0.3 is 14.7 Å². The lowest BCUT2D eigenvalue weighted by Crippen LogP contribution is -2.26. The SMILES string of the molecule is CC(C)(C)OC(=O)ON1CC1C(=O)O. The largest absolute Gasteiger partial charge is 0.528 e. The summed E-state index contributed by atoms with van der Waals surface area (Å²) in [6, 6.07) is -0.720. The van der Waals surface area contributed by atoms with Gasteiger partial charge in [0, 0.05) is 0 Å². The number of aliphatic carboxylic acids is 1. The summed E-state index contributed by atoms with van der Waals surface area (Å²) >= 11 is 0. The van der Waals surface area contributed by atoms with Crippen molar-refractivity contribution in [3.05, 3.63) is 0 Å². The van der Waals surface area contributed by atoms with Gasteiger partial charge in [-0.25, -0.2) is 4.79 Å². The summed E-state index contributed by atoms with van der Waals surface area (Å²) in [5, 5.41) is 9.55. The Hall–Kier alpha value is -1.30. The Morgan fingerprint density at radius 2 is 2.00 bits per heavy atom. The number of carbonyl (C=O) groups is 2. The first-order valence-corrected chi connectivity index (χ1v) is 4.20. The molecule has 14 heavy (non-hydrogen) atoms. The van der Waals surface area contributed by atoms with Gasteiger partial charge in [0.1, 0.15) is 5.60 Å². The van der Waals surface area contributed by atoms with Gasteiger partial charge in [0.05, 0.1) is 6.54 Å². The van der Waals surface area contributed by atoms with Crippen LogP contribution in [0.4, 0.5) is 4.79 Å². The van der Waals surface area contributed by atoms with Crippen molar-refractivity contribution in [3.63, 3.8) is 0 Å². The zero-order valence-electron chi connectivity index (χ0n) is 8.31. The normalized spacial score (nSPS) is 25.4. The number of hydrogen-bond acceptors (Lipinski definition) is 5. The fraction of sp³-hybridized carbons (Fsp3) is 0.750. The highest BCUT2D eigenvalue weighted by molar-refractivity contribution is 5.77. The number of carboxylic acid groups (broad SMARTS) is 1. The smallest absolute Gasteiger partial charge is 0.480 e. The van der Waals surface area contributed by atoms with Crippen molar-refractivity contribution < 1.29 is 24.3 Å². The molecule has 2 atom stereocenters. The summed E-state index contributed by atoms with van der Waals surface area (Å²) in [4.78, 5) is 26.0. The molecular weight excluding hydrogens is 190 g/mol. The molecule has 0 aliphatic carbocycles. The topological polar surface area (TPSA) is 75.8 Å². The zero-order valence-corrected chi connectivity index (χ0v) is 8.31. The van der Waals surface area contributed by atoms with Gasteiger partial charge in [0.25, 0.3) is 0 Å². The van der Waals surface area contributed by atoms with Crippen molar-refractivity contribution in [2.45, 2.75) is 32.4 Å². The van der Waals surface area contributed by atoms with Crippen LogP contribution in [0, 0.1) is 0 Å². The second-order valence-corrected chi connectivity index (χ2v) is 4.01. The average Bonchev–Trinajstić information content (AvgIpc) is 2.61. The van der Waals surface area contributed by atoms with Gasteiger partial charge in [0.2, 0.25) is 0 Å². The van der Waals surface area contributed by atoms with Crippen molar-refractivity contribution in [1.82, 2.24) is 5.06 Å². The molecule has 0 saturated carbocycles. The van der Waals surface area contributed by atoms with Gasteiger partial charge in [-0.3, -0.25) is 4.79 Å². The Bertz CT molecular complexity index is 257. The molecule has 1 heterocycles. The third-order valence-electron chi connectivity index (χ3n) is 1.43.